The molecule has 0 spiro atoms. The SMILES string of the molecule is NCC1(NS(=O)(=O)c2ccc(Br)cc2F)CCCC1. The van der Waals surface area contributed by atoms with Crippen LogP contribution in [0.5, 0.6) is 0 Å². The number of nitrogens with two attached hydrogens (primary N) is 1. The van der Waals surface area contributed by atoms with Crippen LogP contribution in [0.15, 0.2) is 27.6 Å². The van der Waals surface area contributed by atoms with E-state index >= 15 is 0 Å². The van der Waals surface area contributed by atoms with Gasteiger partial charge in [0.05, 0.1) is 0 Å². The molecule has 1 aromatic rings. The number of hydrogen-bond acceptors (Lipinski definition) is 3. The fraction of sp³-hybridized carbons (Fsp3) is 0.500. The van der Waals surface area contributed by atoms with E-state index in [1.54, 1.807) is 0 Å². The molecule has 0 aliphatic heterocycles. The summed E-state index contributed by atoms with van der Waals surface area (Å²) in [6, 6.07) is 3.89. The molecule has 0 saturated heterocycles. The first-order chi connectivity index (χ1) is 8.88. The van der Waals surface area contributed by atoms with Crippen molar-refractivity contribution in [1.82, 2.24) is 4.72 Å². The smallest absolute Gasteiger partial charge is 0.244 e. The number of halogens is 2. The summed E-state index contributed by atoms with van der Waals surface area (Å²) < 4.78 is 41.4. The summed E-state index contributed by atoms with van der Waals surface area (Å²) in [4.78, 5) is -0.338. The van der Waals surface area contributed by atoms with E-state index in [4.69, 9.17) is 5.73 Å². The highest BCUT2D eigenvalue weighted by atomic mass is 79.9. The fourth-order valence-corrected chi connectivity index (χ4v) is 4.30. The number of rotatable bonds is 4. The zero-order valence-electron chi connectivity index (χ0n) is 10.3. The van der Waals surface area contributed by atoms with Crippen LogP contribution in [-0.4, -0.2) is 20.5 Å². The average molecular weight is 351 g/mol. The van der Waals surface area contributed by atoms with Crippen LogP contribution in [-0.2, 0) is 10.0 Å². The predicted molar refractivity (Wildman–Crippen MR) is 74.7 cm³/mol. The van der Waals surface area contributed by atoms with Crippen molar-refractivity contribution in [2.45, 2.75) is 36.1 Å². The lowest BCUT2D eigenvalue weighted by Crippen LogP contribution is -2.51. The van der Waals surface area contributed by atoms with Crippen LogP contribution in [0, 0.1) is 5.82 Å². The summed E-state index contributed by atoms with van der Waals surface area (Å²) in [5.74, 6) is -0.771. The molecular weight excluding hydrogens is 335 g/mol. The van der Waals surface area contributed by atoms with Crippen LogP contribution in [0.4, 0.5) is 4.39 Å². The van der Waals surface area contributed by atoms with Gasteiger partial charge in [-0.25, -0.2) is 17.5 Å². The topological polar surface area (TPSA) is 72.2 Å². The highest BCUT2D eigenvalue weighted by Crippen LogP contribution is 2.31. The maximum absolute atomic E-state index is 13.8. The van der Waals surface area contributed by atoms with Crippen molar-refractivity contribution in [2.75, 3.05) is 6.54 Å². The molecule has 1 fully saturated rings. The standard InChI is InChI=1S/C12H16BrFN2O2S/c13-9-3-4-11(10(14)7-9)19(17,18)16-12(8-15)5-1-2-6-12/h3-4,7,16H,1-2,5-6,8,15H2. The van der Waals surface area contributed by atoms with Crippen molar-refractivity contribution in [3.05, 3.63) is 28.5 Å². The van der Waals surface area contributed by atoms with Crippen LogP contribution in [0.25, 0.3) is 0 Å². The average Bonchev–Trinajstić information content (AvgIpc) is 2.77. The van der Waals surface area contributed by atoms with Crippen molar-refractivity contribution < 1.29 is 12.8 Å². The van der Waals surface area contributed by atoms with Crippen LogP contribution >= 0.6 is 15.9 Å². The van der Waals surface area contributed by atoms with Gasteiger partial charge in [-0.05, 0) is 31.0 Å². The third kappa shape index (κ3) is 3.16. The van der Waals surface area contributed by atoms with Crippen molar-refractivity contribution in [3.8, 4) is 0 Å². The molecule has 7 heteroatoms. The molecule has 3 N–H and O–H groups in total. The van der Waals surface area contributed by atoms with E-state index < -0.39 is 21.4 Å². The summed E-state index contributed by atoms with van der Waals surface area (Å²) in [6.45, 7) is 0.227. The van der Waals surface area contributed by atoms with E-state index in [2.05, 4.69) is 20.7 Å². The van der Waals surface area contributed by atoms with E-state index in [9.17, 15) is 12.8 Å². The number of nitrogens with one attached hydrogen (secondary N) is 1. The molecule has 4 nitrogen and oxygen atoms in total. The molecular formula is C12H16BrFN2O2S. The highest BCUT2D eigenvalue weighted by Gasteiger charge is 2.37. The zero-order chi connectivity index (χ0) is 14.1. The first kappa shape index (κ1) is 14.9. The Balaban J connectivity index is 2.32. The molecule has 1 aromatic carbocycles. The lowest BCUT2D eigenvalue weighted by molar-refractivity contribution is 0.398. The Bertz CT molecular complexity index is 571. The molecule has 19 heavy (non-hydrogen) atoms. The van der Waals surface area contributed by atoms with E-state index in [1.165, 1.54) is 12.1 Å². The van der Waals surface area contributed by atoms with Gasteiger partial charge < -0.3 is 5.73 Å². The van der Waals surface area contributed by atoms with E-state index in [0.29, 0.717) is 17.3 Å². The molecule has 0 radical (unpaired) electrons. The highest BCUT2D eigenvalue weighted by molar-refractivity contribution is 9.10. The second kappa shape index (κ2) is 5.47. The van der Waals surface area contributed by atoms with Crippen molar-refractivity contribution in [3.63, 3.8) is 0 Å². The molecule has 2 rings (SSSR count). The zero-order valence-corrected chi connectivity index (χ0v) is 12.7. The third-order valence-corrected chi connectivity index (χ3v) is 5.59. The van der Waals surface area contributed by atoms with Gasteiger partial charge in [0.25, 0.3) is 0 Å². The normalized spacial score (nSPS) is 18.7. The summed E-state index contributed by atoms with van der Waals surface area (Å²) in [5.41, 5.74) is 5.06. The molecule has 0 heterocycles. The minimum atomic E-state index is -3.89. The van der Waals surface area contributed by atoms with Gasteiger partial charge >= 0.3 is 0 Å². The van der Waals surface area contributed by atoms with Crippen LogP contribution < -0.4 is 10.5 Å². The van der Waals surface area contributed by atoms with Crippen LogP contribution in [0.1, 0.15) is 25.7 Å². The summed E-state index contributed by atoms with van der Waals surface area (Å²) in [7, 11) is -3.89. The van der Waals surface area contributed by atoms with Gasteiger partial charge in [0.2, 0.25) is 10.0 Å². The van der Waals surface area contributed by atoms with Crippen molar-refractivity contribution in [1.29, 1.82) is 0 Å². The maximum atomic E-state index is 13.8. The Morgan fingerprint density at radius 3 is 2.53 bits per heavy atom. The second-order valence-corrected chi connectivity index (χ2v) is 7.44. The monoisotopic (exact) mass is 350 g/mol. The number of hydrogen-bond donors (Lipinski definition) is 2. The minimum absolute atomic E-state index is 0.227. The van der Waals surface area contributed by atoms with Gasteiger partial charge in [0, 0.05) is 16.6 Å². The first-order valence-electron chi connectivity index (χ1n) is 6.08. The predicted octanol–water partition coefficient (Wildman–Crippen LogP) is 2.14. The molecule has 1 aliphatic carbocycles. The lowest BCUT2D eigenvalue weighted by Gasteiger charge is -2.28. The van der Waals surface area contributed by atoms with Gasteiger partial charge in [-0.2, -0.15) is 0 Å². The quantitative estimate of drug-likeness (QED) is 0.873. The molecule has 106 valence electrons. The molecule has 0 aromatic heterocycles. The number of sulfonamides is 1. The van der Waals surface area contributed by atoms with Crippen molar-refractivity contribution >= 4 is 26.0 Å². The first-order valence-corrected chi connectivity index (χ1v) is 8.35. The Morgan fingerprint density at radius 2 is 2.00 bits per heavy atom. The maximum Gasteiger partial charge on any atom is 0.244 e. The van der Waals surface area contributed by atoms with E-state index in [-0.39, 0.29) is 11.4 Å². The van der Waals surface area contributed by atoms with Crippen LogP contribution in [0.2, 0.25) is 0 Å². The lowest BCUT2D eigenvalue weighted by atomic mass is 10.0. The Hall–Kier alpha value is -0.500. The molecule has 0 unspecified atom stereocenters. The van der Waals surface area contributed by atoms with Gasteiger partial charge in [-0.3, -0.25) is 0 Å². The second-order valence-electron chi connectivity index (χ2n) is 4.87. The summed E-state index contributed by atoms with van der Waals surface area (Å²) >= 11 is 3.10. The van der Waals surface area contributed by atoms with E-state index in [1.807, 2.05) is 0 Å². The Labute approximate surface area is 120 Å². The molecule has 0 atom stereocenters. The van der Waals surface area contributed by atoms with E-state index in [0.717, 1.165) is 18.9 Å². The van der Waals surface area contributed by atoms with Crippen molar-refractivity contribution in [2.24, 2.45) is 5.73 Å². The van der Waals surface area contributed by atoms with Crippen LogP contribution in [0.3, 0.4) is 0 Å². The Morgan fingerprint density at radius 1 is 1.37 bits per heavy atom. The summed E-state index contributed by atoms with van der Waals surface area (Å²) in [6.07, 6.45) is 3.26. The number of benzene rings is 1. The fourth-order valence-electron chi connectivity index (χ4n) is 2.43. The molecule has 0 amide bonds. The Kier molecular flexibility index (Phi) is 4.29. The van der Waals surface area contributed by atoms with Gasteiger partial charge in [0.15, 0.2) is 0 Å². The van der Waals surface area contributed by atoms with Gasteiger partial charge in [-0.15, -0.1) is 0 Å². The molecule has 1 saturated carbocycles. The third-order valence-electron chi connectivity index (χ3n) is 3.49. The van der Waals surface area contributed by atoms with Gasteiger partial charge in [-0.1, -0.05) is 28.8 Å². The molecule has 1 aliphatic rings. The largest absolute Gasteiger partial charge is 0.329 e. The minimum Gasteiger partial charge on any atom is -0.329 e. The summed E-state index contributed by atoms with van der Waals surface area (Å²) in [5, 5.41) is 0. The van der Waals surface area contributed by atoms with Gasteiger partial charge in [0.1, 0.15) is 10.7 Å². The molecule has 0 bridgehead atoms.